The molecule has 1 N–H and O–H groups in total. The van der Waals surface area contributed by atoms with Crippen LogP contribution in [0, 0.1) is 6.92 Å². The van der Waals surface area contributed by atoms with Gasteiger partial charge in [-0.05, 0) is 48.2 Å². The van der Waals surface area contributed by atoms with Crippen LogP contribution < -0.4 is 14.8 Å². The normalized spacial score (nSPS) is 14.4. The molecule has 0 bridgehead atoms. The molecule has 6 heteroatoms. The molecule has 156 valence electrons. The first-order chi connectivity index (χ1) is 14.1. The van der Waals surface area contributed by atoms with E-state index in [0.717, 1.165) is 36.4 Å². The van der Waals surface area contributed by atoms with Gasteiger partial charge >= 0.3 is 0 Å². The van der Waals surface area contributed by atoms with Crippen molar-refractivity contribution in [2.45, 2.75) is 26.3 Å². The maximum atomic E-state index is 12.4. The molecule has 29 heavy (non-hydrogen) atoms. The zero-order valence-corrected chi connectivity index (χ0v) is 18.3. The molecule has 1 heterocycles. The van der Waals surface area contributed by atoms with Gasteiger partial charge in [0.15, 0.2) is 11.5 Å². The summed E-state index contributed by atoms with van der Waals surface area (Å²) in [7, 11) is 3.23. The summed E-state index contributed by atoms with van der Waals surface area (Å²) in [5.41, 5.74) is 4.34. The van der Waals surface area contributed by atoms with Crippen molar-refractivity contribution in [3.8, 4) is 11.5 Å². The fourth-order valence-electron chi connectivity index (χ4n) is 3.49. The number of ether oxygens (including phenoxy) is 2. The molecule has 5 nitrogen and oxygen atoms in total. The van der Waals surface area contributed by atoms with Gasteiger partial charge in [0, 0.05) is 43.2 Å². The highest BCUT2D eigenvalue weighted by Gasteiger charge is 2.12. The van der Waals surface area contributed by atoms with Crippen molar-refractivity contribution in [3.05, 3.63) is 53.1 Å². The molecule has 0 saturated carbocycles. The second-order valence-corrected chi connectivity index (χ2v) is 8.50. The van der Waals surface area contributed by atoms with E-state index in [1.54, 1.807) is 14.2 Å². The lowest BCUT2D eigenvalue weighted by Gasteiger charge is -2.26. The maximum Gasteiger partial charge on any atom is 0.224 e. The second-order valence-electron chi connectivity index (χ2n) is 7.28. The van der Waals surface area contributed by atoms with E-state index in [1.807, 2.05) is 36.0 Å². The van der Waals surface area contributed by atoms with Crippen LogP contribution >= 0.6 is 11.8 Å². The average molecular weight is 415 g/mol. The van der Waals surface area contributed by atoms with Gasteiger partial charge < -0.3 is 14.8 Å². The van der Waals surface area contributed by atoms with E-state index in [2.05, 4.69) is 29.3 Å². The first-order valence-electron chi connectivity index (χ1n) is 9.99. The smallest absolute Gasteiger partial charge is 0.224 e. The Hall–Kier alpha value is -2.18. The van der Waals surface area contributed by atoms with E-state index in [4.69, 9.17) is 9.47 Å². The molecule has 1 fully saturated rings. The number of nitrogens with one attached hydrogen (secondary N) is 1. The molecule has 0 aromatic heterocycles. The number of carbonyl (C=O) groups is 1. The Bertz CT molecular complexity index is 835. The second kappa shape index (κ2) is 10.6. The molecule has 1 saturated heterocycles. The number of nitrogens with zero attached hydrogens (tertiary/aromatic N) is 1. The van der Waals surface area contributed by atoms with E-state index in [9.17, 15) is 4.79 Å². The van der Waals surface area contributed by atoms with Crippen LogP contribution in [0.3, 0.4) is 0 Å². The zero-order chi connectivity index (χ0) is 20.6. The van der Waals surface area contributed by atoms with Crippen LogP contribution in [0.2, 0.25) is 0 Å². The number of rotatable bonds is 8. The van der Waals surface area contributed by atoms with Crippen LogP contribution in [0.4, 0.5) is 5.69 Å². The highest BCUT2D eigenvalue weighted by atomic mass is 32.2. The van der Waals surface area contributed by atoms with Gasteiger partial charge in [-0.1, -0.05) is 18.2 Å². The number of thioether (sulfide) groups is 1. The molecule has 0 spiro atoms. The Morgan fingerprint density at radius 1 is 1.03 bits per heavy atom. The van der Waals surface area contributed by atoms with Crippen molar-refractivity contribution in [2.75, 3.05) is 44.1 Å². The minimum atomic E-state index is 0.0173. The molecule has 1 aliphatic heterocycles. The monoisotopic (exact) mass is 414 g/mol. The number of carbonyl (C=O) groups excluding carboxylic acids is 1. The standard InChI is InChI=1S/C23H30N2O3S/c1-17-14-19(16-25-10-12-29-13-11-25)4-7-20(17)24-23(26)9-6-18-5-8-21(27-2)22(15-18)28-3/h4-5,7-8,14-15H,6,9-13,16H2,1-3H3,(H,24,26). The Labute approximate surface area is 177 Å². The lowest BCUT2D eigenvalue weighted by atomic mass is 10.1. The Balaban J connectivity index is 1.53. The number of methoxy groups -OCH3 is 2. The summed E-state index contributed by atoms with van der Waals surface area (Å²) in [5.74, 6) is 3.83. The third-order valence-electron chi connectivity index (χ3n) is 5.16. The molecule has 2 aromatic carbocycles. The minimum absolute atomic E-state index is 0.0173. The van der Waals surface area contributed by atoms with Crippen molar-refractivity contribution in [1.29, 1.82) is 0 Å². The zero-order valence-electron chi connectivity index (χ0n) is 17.5. The number of anilines is 1. The fourth-order valence-corrected chi connectivity index (χ4v) is 4.47. The van der Waals surface area contributed by atoms with Gasteiger partial charge in [0.1, 0.15) is 0 Å². The quantitative estimate of drug-likeness (QED) is 0.704. The Morgan fingerprint density at radius 2 is 1.76 bits per heavy atom. The summed E-state index contributed by atoms with van der Waals surface area (Å²) in [6.45, 7) is 5.34. The highest BCUT2D eigenvalue weighted by Crippen LogP contribution is 2.28. The first-order valence-corrected chi connectivity index (χ1v) is 11.1. The van der Waals surface area contributed by atoms with Crippen molar-refractivity contribution in [2.24, 2.45) is 0 Å². The molecule has 1 amide bonds. The SMILES string of the molecule is COc1ccc(CCC(=O)Nc2ccc(CN3CCSCC3)cc2C)cc1OC. The number of aryl methyl sites for hydroxylation is 2. The third-order valence-corrected chi connectivity index (χ3v) is 6.11. The third kappa shape index (κ3) is 6.15. The minimum Gasteiger partial charge on any atom is -0.493 e. The van der Waals surface area contributed by atoms with Gasteiger partial charge in [0.2, 0.25) is 5.91 Å². The topological polar surface area (TPSA) is 50.8 Å². The van der Waals surface area contributed by atoms with Gasteiger partial charge in [-0.2, -0.15) is 11.8 Å². The van der Waals surface area contributed by atoms with Crippen LogP contribution in [0.1, 0.15) is 23.1 Å². The largest absolute Gasteiger partial charge is 0.493 e. The lowest BCUT2D eigenvalue weighted by Crippen LogP contribution is -2.31. The van der Waals surface area contributed by atoms with E-state index >= 15 is 0 Å². The fraction of sp³-hybridized carbons (Fsp3) is 0.435. The molecule has 0 unspecified atom stereocenters. The van der Waals surface area contributed by atoms with Gasteiger partial charge in [-0.25, -0.2) is 0 Å². The van der Waals surface area contributed by atoms with E-state index in [-0.39, 0.29) is 5.91 Å². The summed E-state index contributed by atoms with van der Waals surface area (Å²) in [5, 5.41) is 3.05. The summed E-state index contributed by atoms with van der Waals surface area (Å²) < 4.78 is 10.6. The van der Waals surface area contributed by atoms with Crippen molar-refractivity contribution in [1.82, 2.24) is 4.90 Å². The average Bonchev–Trinajstić information content (AvgIpc) is 2.74. The van der Waals surface area contributed by atoms with Gasteiger partial charge in [-0.15, -0.1) is 0 Å². The van der Waals surface area contributed by atoms with E-state index in [0.29, 0.717) is 24.3 Å². The summed E-state index contributed by atoms with van der Waals surface area (Å²) in [6.07, 6.45) is 1.07. The number of hydrogen-bond acceptors (Lipinski definition) is 5. The van der Waals surface area contributed by atoms with Crippen LogP contribution in [0.25, 0.3) is 0 Å². The summed E-state index contributed by atoms with van der Waals surface area (Å²) in [6, 6.07) is 12.1. The molecule has 0 radical (unpaired) electrons. The molecule has 1 aliphatic rings. The molecule has 0 atom stereocenters. The number of benzene rings is 2. The Kier molecular flexibility index (Phi) is 7.83. The van der Waals surface area contributed by atoms with Crippen LogP contribution in [-0.2, 0) is 17.8 Å². The van der Waals surface area contributed by atoms with E-state index in [1.165, 1.54) is 17.1 Å². The van der Waals surface area contributed by atoms with E-state index < -0.39 is 0 Å². The maximum absolute atomic E-state index is 12.4. The molecule has 0 aliphatic carbocycles. The predicted octanol–water partition coefficient (Wildman–Crippen LogP) is 4.13. The highest BCUT2D eigenvalue weighted by molar-refractivity contribution is 7.99. The molecule has 2 aromatic rings. The van der Waals surface area contributed by atoms with Crippen LogP contribution in [0.5, 0.6) is 11.5 Å². The summed E-state index contributed by atoms with van der Waals surface area (Å²) in [4.78, 5) is 14.9. The lowest BCUT2D eigenvalue weighted by molar-refractivity contribution is -0.116. The molecular weight excluding hydrogens is 384 g/mol. The van der Waals surface area contributed by atoms with Gasteiger partial charge in [0.25, 0.3) is 0 Å². The van der Waals surface area contributed by atoms with Crippen molar-refractivity contribution in [3.63, 3.8) is 0 Å². The van der Waals surface area contributed by atoms with Crippen LogP contribution in [0.15, 0.2) is 36.4 Å². The Morgan fingerprint density at radius 3 is 2.45 bits per heavy atom. The van der Waals surface area contributed by atoms with Gasteiger partial charge in [-0.3, -0.25) is 9.69 Å². The number of hydrogen-bond donors (Lipinski definition) is 1. The molecule has 3 rings (SSSR count). The number of amides is 1. The summed E-state index contributed by atoms with van der Waals surface area (Å²) >= 11 is 2.03. The molecular formula is C23H30N2O3S. The predicted molar refractivity (Wildman–Crippen MR) is 120 cm³/mol. The first kappa shape index (κ1) is 21.5. The van der Waals surface area contributed by atoms with Crippen LogP contribution in [-0.4, -0.2) is 49.6 Å². The van der Waals surface area contributed by atoms with Crippen molar-refractivity contribution >= 4 is 23.4 Å². The van der Waals surface area contributed by atoms with Crippen molar-refractivity contribution < 1.29 is 14.3 Å². The van der Waals surface area contributed by atoms with Gasteiger partial charge in [0.05, 0.1) is 14.2 Å².